The fourth-order valence-electron chi connectivity index (χ4n) is 1.08. The van der Waals surface area contributed by atoms with Crippen LogP contribution in [0.3, 0.4) is 0 Å². The topological polar surface area (TPSA) is 49.3 Å². The predicted molar refractivity (Wildman–Crippen MR) is 66.3 cm³/mol. The second kappa shape index (κ2) is 6.23. The average molecular weight is 237 g/mol. The SMILES string of the molecule is CC(C)NC(=O)/C(=C\O)Sc1ccccc1. The van der Waals surface area contributed by atoms with Crippen LogP contribution < -0.4 is 5.32 Å². The summed E-state index contributed by atoms with van der Waals surface area (Å²) in [6.45, 7) is 3.75. The lowest BCUT2D eigenvalue weighted by Crippen LogP contribution is -2.30. The van der Waals surface area contributed by atoms with Gasteiger partial charge in [-0.3, -0.25) is 4.79 Å². The van der Waals surface area contributed by atoms with Gasteiger partial charge in [0.1, 0.15) is 4.91 Å². The molecular weight excluding hydrogens is 222 g/mol. The van der Waals surface area contributed by atoms with Crippen molar-refractivity contribution in [3.05, 3.63) is 41.5 Å². The van der Waals surface area contributed by atoms with Gasteiger partial charge >= 0.3 is 0 Å². The first kappa shape index (κ1) is 12.6. The minimum atomic E-state index is -0.258. The molecule has 1 rings (SSSR count). The number of carbonyl (C=O) groups excluding carboxylic acids is 1. The summed E-state index contributed by atoms with van der Waals surface area (Å²) in [5, 5.41) is 11.8. The van der Waals surface area contributed by atoms with E-state index in [-0.39, 0.29) is 11.9 Å². The Morgan fingerprint density at radius 3 is 2.50 bits per heavy atom. The number of carbonyl (C=O) groups is 1. The third-order valence-electron chi connectivity index (χ3n) is 1.73. The molecule has 0 radical (unpaired) electrons. The number of thioether (sulfide) groups is 1. The van der Waals surface area contributed by atoms with Gasteiger partial charge in [0, 0.05) is 10.9 Å². The van der Waals surface area contributed by atoms with Crippen LogP contribution in [-0.4, -0.2) is 17.1 Å². The number of rotatable bonds is 4. The Hall–Kier alpha value is -1.42. The second-order valence-electron chi connectivity index (χ2n) is 3.54. The quantitative estimate of drug-likeness (QED) is 0.481. The molecule has 0 saturated heterocycles. The summed E-state index contributed by atoms with van der Waals surface area (Å²) in [5.41, 5.74) is 0. The lowest BCUT2D eigenvalue weighted by molar-refractivity contribution is -0.117. The van der Waals surface area contributed by atoms with Crippen molar-refractivity contribution < 1.29 is 9.90 Å². The van der Waals surface area contributed by atoms with Crippen LogP contribution in [-0.2, 0) is 4.79 Å². The molecule has 0 aliphatic rings. The lowest BCUT2D eigenvalue weighted by atomic mass is 10.4. The van der Waals surface area contributed by atoms with Gasteiger partial charge in [-0.2, -0.15) is 0 Å². The molecule has 3 nitrogen and oxygen atoms in total. The first-order chi connectivity index (χ1) is 7.63. The molecular formula is C12H15NO2S. The molecule has 86 valence electrons. The summed E-state index contributed by atoms with van der Waals surface area (Å²) in [4.78, 5) is 12.8. The van der Waals surface area contributed by atoms with Crippen molar-refractivity contribution in [3.8, 4) is 0 Å². The van der Waals surface area contributed by atoms with Gasteiger partial charge in [-0.05, 0) is 26.0 Å². The smallest absolute Gasteiger partial charge is 0.261 e. The number of aliphatic hydroxyl groups is 1. The molecule has 1 aromatic carbocycles. The van der Waals surface area contributed by atoms with Crippen LogP contribution in [0.1, 0.15) is 13.8 Å². The number of hydrogen-bond donors (Lipinski definition) is 2. The minimum absolute atomic E-state index is 0.0545. The van der Waals surface area contributed by atoms with E-state index in [9.17, 15) is 4.79 Å². The molecule has 0 spiro atoms. The molecule has 0 aliphatic carbocycles. The van der Waals surface area contributed by atoms with Crippen molar-refractivity contribution in [1.29, 1.82) is 0 Å². The number of nitrogens with one attached hydrogen (secondary N) is 1. The largest absolute Gasteiger partial charge is 0.514 e. The molecule has 1 amide bonds. The van der Waals surface area contributed by atoms with E-state index in [1.165, 1.54) is 11.8 Å². The predicted octanol–water partition coefficient (Wildman–Crippen LogP) is 2.70. The Labute approximate surface area is 99.6 Å². The molecule has 4 heteroatoms. The van der Waals surface area contributed by atoms with Gasteiger partial charge in [0.2, 0.25) is 0 Å². The lowest BCUT2D eigenvalue weighted by Gasteiger charge is -2.09. The van der Waals surface area contributed by atoms with Crippen LogP contribution in [0.4, 0.5) is 0 Å². The fraction of sp³-hybridized carbons (Fsp3) is 0.250. The first-order valence-electron chi connectivity index (χ1n) is 5.01. The Morgan fingerprint density at radius 2 is 2.00 bits per heavy atom. The number of hydrogen-bond acceptors (Lipinski definition) is 3. The Morgan fingerprint density at radius 1 is 1.38 bits per heavy atom. The van der Waals surface area contributed by atoms with Crippen LogP contribution in [0.15, 0.2) is 46.4 Å². The van der Waals surface area contributed by atoms with E-state index < -0.39 is 0 Å². The maximum atomic E-state index is 11.6. The van der Waals surface area contributed by atoms with Crippen LogP contribution in [0.5, 0.6) is 0 Å². The Kier molecular flexibility index (Phi) is 4.92. The third kappa shape index (κ3) is 3.98. The molecule has 0 aromatic heterocycles. The number of benzene rings is 1. The average Bonchev–Trinajstić information content (AvgIpc) is 2.26. The van der Waals surface area contributed by atoms with Crippen molar-refractivity contribution in [2.75, 3.05) is 0 Å². The molecule has 0 atom stereocenters. The summed E-state index contributed by atoms with van der Waals surface area (Å²) in [5.74, 6) is -0.258. The first-order valence-corrected chi connectivity index (χ1v) is 5.83. The fourth-order valence-corrected chi connectivity index (χ4v) is 1.83. The molecule has 0 fully saturated rings. The van der Waals surface area contributed by atoms with E-state index in [2.05, 4.69) is 5.32 Å². The monoisotopic (exact) mass is 237 g/mol. The van der Waals surface area contributed by atoms with Gasteiger partial charge in [-0.25, -0.2) is 0 Å². The van der Waals surface area contributed by atoms with Gasteiger partial charge in [-0.1, -0.05) is 30.0 Å². The second-order valence-corrected chi connectivity index (χ2v) is 4.65. The van der Waals surface area contributed by atoms with E-state index in [4.69, 9.17) is 5.11 Å². The van der Waals surface area contributed by atoms with Crippen LogP contribution in [0.2, 0.25) is 0 Å². The summed E-state index contributed by atoms with van der Waals surface area (Å²) in [6, 6.07) is 9.50. The van der Waals surface area contributed by atoms with E-state index in [0.717, 1.165) is 11.2 Å². The zero-order valence-electron chi connectivity index (χ0n) is 9.31. The van der Waals surface area contributed by atoms with E-state index in [0.29, 0.717) is 4.91 Å². The third-order valence-corrected chi connectivity index (χ3v) is 2.75. The van der Waals surface area contributed by atoms with Crippen LogP contribution >= 0.6 is 11.8 Å². The molecule has 1 aromatic rings. The number of amides is 1. The standard InChI is InChI=1S/C12H15NO2S/c1-9(2)13-12(15)11(8-14)16-10-6-4-3-5-7-10/h3-9,14H,1-2H3,(H,13,15)/b11-8+. The highest BCUT2D eigenvalue weighted by molar-refractivity contribution is 8.04. The van der Waals surface area contributed by atoms with Crippen LogP contribution in [0, 0.1) is 0 Å². The van der Waals surface area contributed by atoms with Crippen molar-refractivity contribution in [1.82, 2.24) is 5.32 Å². The van der Waals surface area contributed by atoms with E-state index in [1.807, 2.05) is 44.2 Å². The highest BCUT2D eigenvalue weighted by Gasteiger charge is 2.12. The molecule has 0 aliphatic heterocycles. The highest BCUT2D eigenvalue weighted by Crippen LogP contribution is 2.25. The highest BCUT2D eigenvalue weighted by atomic mass is 32.2. The Balaban J connectivity index is 2.67. The molecule has 2 N–H and O–H groups in total. The van der Waals surface area contributed by atoms with Gasteiger partial charge in [0.05, 0.1) is 6.26 Å². The van der Waals surface area contributed by atoms with Crippen LogP contribution in [0.25, 0.3) is 0 Å². The minimum Gasteiger partial charge on any atom is -0.514 e. The Bertz CT molecular complexity index is 374. The molecule has 0 heterocycles. The zero-order chi connectivity index (χ0) is 12.0. The van der Waals surface area contributed by atoms with Crippen molar-refractivity contribution >= 4 is 17.7 Å². The van der Waals surface area contributed by atoms with Crippen molar-refractivity contribution in [2.24, 2.45) is 0 Å². The molecule has 0 saturated carbocycles. The summed E-state index contributed by atoms with van der Waals surface area (Å²) < 4.78 is 0. The molecule has 0 unspecified atom stereocenters. The summed E-state index contributed by atoms with van der Waals surface area (Å²) >= 11 is 1.24. The summed E-state index contributed by atoms with van der Waals surface area (Å²) in [7, 11) is 0. The zero-order valence-corrected chi connectivity index (χ0v) is 10.1. The van der Waals surface area contributed by atoms with Crippen molar-refractivity contribution in [2.45, 2.75) is 24.8 Å². The maximum absolute atomic E-state index is 11.6. The van der Waals surface area contributed by atoms with Gasteiger partial charge in [0.25, 0.3) is 5.91 Å². The molecule has 0 bridgehead atoms. The maximum Gasteiger partial charge on any atom is 0.261 e. The molecule has 16 heavy (non-hydrogen) atoms. The summed E-state index contributed by atoms with van der Waals surface area (Å²) in [6.07, 6.45) is 0.843. The number of aliphatic hydroxyl groups excluding tert-OH is 1. The van der Waals surface area contributed by atoms with Crippen molar-refractivity contribution in [3.63, 3.8) is 0 Å². The normalized spacial score (nSPS) is 11.6. The van der Waals surface area contributed by atoms with Gasteiger partial charge in [0.15, 0.2) is 0 Å². The van der Waals surface area contributed by atoms with E-state index in [1.54, 1.807) is 0 Å². The van der Waals surface area contributed by atoms with Gasteiger partial charge in [-0.15, -0.1) is 0 Å². The van der Waals surface area contributed by atoms with E-state index >= 15 is 0 Å². The van der Waals surface area contributed by atoms with Gasteiger partial charge < -0.3 is 10.4 Å².